The van der Waals surface area contributed by atoms with Crippen LogP contribution in [-0.4, -0.2) is 58.8 Å². The summed E-state index contributed by atoms with van der Waals surface area (Å²) in [7, 11) is 0. The summed E-state index contributed by atoms with van der Waals surface area (Å²) in [4.78, 5) is 22.1. The number of aromatic nitrogens is 2. The van der Waals surface area contributed by atoms with Crippen LogP contribution in [0.3, 0.4) is 0 Å². The third kappa shape index (κ3) is 6.25. The monoisotopic (exact) mass is 463 g/mol. The van der Waals surface area contributed by atoms with Crippen molar-refractivity contribution >= 4 is 22.4 Å². The molecule has 0 spiro atoms. The van der Waals surface area contributed by atoms with Crippen molar-refractivity contribution in [3.63, 3.8) is 0 Å². The molecule has 0 bridgehead atoms. The van der Waals surface area contributed by atoms with E-state index < -0.39 is 6.04 Å². The lowest BCUT2D eigenvalue weighted by molar-refractivity contribution is 0.0949. The maximum Gasteiger partial charge on any atom is 0.205 e. The lowest BCUT2D eigenvalue weighted by Crippen LogP contribution is -2.47. The average Bonchev–Trinajstić information content (AvgIpc) is 3.32. The number of aryl methyl sites for hydroxylation is 2. The molecule has 174 valence electrons. The van der Waals surface area contributed by atoms with Gasteiger partial charge in [-0.25, -0.2) is 4.98 Å². The highest BCUT2D eigenvalue weighted by atomic mass is 32.1. The van der Waals surface area contributed by atoms with Gasteiger partial charge in [0, 0.05) is 56.2 Å². The number of nitrogens with two attached hydrogens (primary N) is 1. The van der Waals surface area contributed by atoms with Gasteiger partial charge in [0.05, 0.1) is 6.04 Å². The Hall–Kier alpha value is -2.61. The van der Waals surface area contributed by atoms with E-state index in [4.69, 9.17) is 10.7 Å². The molecule has 0 radical (unpaired) electrons. The fourth-order valence-electron chi connectivity index (χ4n) is 4.07. The standard InChI is InChI=1S/C26H33N5OS/c1-3-20-8-10-22(11-9-20)25(32)23(27)12-13-30-14-16-31(17-15-30)26-28-24(29-33-26)18-21-6-4-19(2)5-7-21/h4-11,23H,3,12-18,27H2,1-2H3/t23-/m0/s1. The zero-order valence-electron chi connectivity index (χ0n) is 19.5. The van der Waals surface area contributed by atoms with Crippen molar-refractivity contribution in [2.24, 2.45) is 5.73 Å². The van der Waals surface area contributed by atoms with Gasteiger partial charge in [0.15, 0.2) is 5.78 Å². The highest BCUT2D eigenvalue weighted by Crippen LogP contribution is 2.21. The molecule has 3 aromatic rings. The smallest absolute Gasteiger partial charge is 0.205 e. The number of ketones is 1. The number of nitrogens with zero attached hydrogens (tertiary/aromatic N) is 4. The summed E-state index contributed by atoms with van der Waals surface area (Å²) < 4.78 is 4.57. The molecule has 1 fully saturated rings. The van der Waals surface area contributed by atoms with Crippen molar-refractivity contribution in [1.29, 1.82) is 0 Å². The van der Waals surface area contributed by atoms with Crippen LogP contribution in [0, 0.1) is 6.92 Å². The van der Waals surface area contributed by atoms with Gasteiger partial charge < -0.3 is 10.6 Å². The van der Waals surface area contributed by atoms with E-state index in [0.29, 0.717) is 12.0 Å². The van der Waals surface area contributed by atoms with E-state index >= 15 is 0 Å². The maximum absolute atomic E-state index is 12.6. The first-order chi connectivity index (χ1) is 16.0. The Bertz CT molecular complexity index is 1040. The normalized spacial score (nSPS) is 15.5. The molecule has 33 heavy (non-hydrogen) atoms. The second kappa shape index (κ2) is 11.0. The minimum Gasteiger partial charge on any atom is -0.344 e. The number of carbonyl (C=O) groups excluding carboxylic acids is 1. The second-order valence-corrected chi connectivity index (χ2v) is 9.52. The van der Waals surface area contributed by atoms with Crippen LogP contribution >= 0.6 is 11.5 Å². The van der Waals surface area contributed by atoms with E-state index in [1.807, 2.05) is 24.3 Å². The predicted molar refractivity (Wildman–Crippen MR) is 135 cm³/mol. The number of carbonyl (C=O) groups is 1. The van der Waals surface area contributed by atoms with Crippen LogP contribution in [0.15, 0.2) is 48.5 Å². The van der Waals surface area contributed by atoms with Gasteiger partial charge in [-0.2, -0.15) is 4.37 Å². The second-order valence-electron chi connectivity index (χ2n) is 8.79. The Morgan fingerprint density at radius 2 is 1.70 bits per heavy atom. The van der Waals surface area contributed by atoms with E-state index in [0.717, 1.165) is 56.5 Å². The van der Waals surface area contributed by atoms with Gasteiger partial charge in [-0.15, -0.1) is 0 Å². The first-order valence-corrected chi connectivity index (χ1v) is 12.5. The van der Waals surface area contributed by atoms with Crippen molar-refractivity contribution in [3.05, 3.63) is 76.6 Å². The summed E-state index contributed by atoms with van der Waals surface area (Å²) in [5.74, 6) is 0.920. The quantitative estimate of drug-likeness (QED) is 0.488. The molecule has 1 aliphatic heterocycles. The molecule has 2 N–H and O–H groups in total. The third-order valence-electron chi connectivity index (χ3n) is 6.32. The Labute approximate surface area is 200 Å². The largest absolute Gasteiger partial charge is 0.344 e. The van der Waals surface area contributed by atoms with Crippen LogP contribution in [0.25, 0.3) is 0 Å². The van der Waals surface area contributed by atoms with Gasteiger partial charge in [0.25, 0.3) is 0 Å². The summed E-state index contributed by atoms with van der Waals surface area (Å²) in [6.45, 7) is 8.76. The van der Waals surface area contributed by atoms with Gasteiger partial charge in [-0.1, -0.05) is 61.0 Å². The number of piperazine rings is 1. The molecule has 0 unspecified atom stereocenters. The van der Waals surface area contributed by atoms with E-state index in [9.17, 15) is 4.79 Å². The maximum atomic E-state index is 12.6. The molecule has 0 aliphatic carbocycles. The average molecular weight is 464 g/mol. The molecule has 1 saturated heterocycles. The van der Waals surface area contributed by atoms with Gasteiger partial charge in [0.1, 0.15) is 5.82 Å². The van der Waals surface area contributed by atoms with Crippen molar-refractivity contribution in [1.82, 2.24) is 14.3 Å². The van der Waals surface area contributed by atoms with Crippen molar-refractivity contribution in [3.8, 4) is 0 Å². The Morgan fingerprint density at radius 3 is 2.36 bits per heavy atom. The summed E-state index contributed by atoms with van der Waals surface area (Å²) in [5, 5.41) is 0.999. The van der Waals surface area contributed by atoms with Crippen LogP contribution in [0.5, 0.6) is 0 Å². The van der Waals surface area contributed by atoms with Crippen LogP contribution in [0.2, 0.25) is 0 Å². The zero-order chi connectivity index (χ0) is 23.2. The highest BCUT2D eigenvalue weighted by Gasteiger charge is 2.22. The van der Waals surface area contributed by atoms with E-state index in [1.54, 1.807) is 0 Å². The molecule has 1 aromatic heterocycles. The molecule has 6 nitrogen and oxygen atoms in total. The molecular weight excluding hydrogens is 430 g/mol. The topological polar surface area (TPSA) is 75.4 Å². The van der Waals surface area contributed by atoms with Crippen molar-refractivity contribution in [2.75, 3.05) is 37.6 Å². The molecule has 0 amide bonds. The minimum absolute atomic E-state index is 0.0336. The number of anilines is 1. The van der Waals surface area contributed by atoms with Gasteiger partial charge in [0.2, 0.25) is 5.13 Å². The highest BCUT2D eigenvalue weighted by molar-refractivity contribution is 7.09. The zero-order valence-corrected chi connectivity index (χ0v) is 20.4. The number of Topliss-reactive ketones (excluding diaryl/α,β-unsaturated/α-hetero) is 1. The van der Waals surface area contributed by atoms with E-state index in [-0.39, 0.29) is 5.78 Å². The fourth-order valence-corrected chi connectivity index (χ4v) is 4.80. The first-order valence-electron chi connectivity index (χ1n) is 11.8. The number of benzene rings is 2. The Morgan fingerprint density at radius 1 is 1.03 bits per heavy atom. The summed E-state index contributed by atoms with van der Waals surface area (Å²) >= 11 is 1.48. The number of hydrogen-bond acceptors (Lipinski definition) is 7. The summed E-state index contributed by atoms with van der Waals surface area (Å²) in [6, 6.07) is 15.9. The Kier molecular flexibility index (Phi) is 7.85. The number of rotatable bonds is 9. The van der Waals surface area contributed by atoms with E-state index in [1.165, 1.54) is 28.2 Å². The van der Waals surface area contributed by atoms with Crippen LogP contribution in [0.1, 0.15) is 46.2 Å². The molecule has 7 heteroatoms. The summed E-state index contributed by atoms with van der Waals surface area (Å²) in [5.41, 5.74) is 10.7. The first kappa shape index (κ1) is 23.5. The van der Waals surface area contributed by atoms with Crippen LogP contribution in [0.4, 0.5) is 5.13 Å². The van der Waals surface area contributed by atoms with E-state index in [2.05, 4.69) is 52.3 Å². The SMILES string of the molecule is CCc1ccc(C(=O)[C@@H](N)CCN2CCN(c3nc(Cc4ccc(C)cc4)ns3)CC2)cc1. The molecule has 1 atom stereocenters. The van der Waals surface area contributed by atoms with Crippen LogP contribution in [-0.2, 0) is 12.8 Å². The molecular formula is C26H33N5OS. The molecule has 0 saturated carbocycles. The van der Waals surface area contributed by atoms with Crippen molar-refractivity contribution in [2.45, 2.75) is 39.2 Å². The molecule has 4 rings (SSSR count). The number of hydrogen-bond donors (Lipinski definition) is 1. The van der Waals surface area contributed by atoms with Crippen molar-refractivity contribution < 1.29 is 4.79 Å². The molecule has 2 heterocycles. The van der Waals surface area contributed by atoms with Gasteiger partial charge >= 0.3 is 0 Å². The summed E-state index contributed by atoms with van der Waals surface area (Å²) in [6.07, 6.45) is 2.41. The van der Waals surface area contributed by atoms with Gasteiger partial charge in [-0.3, -0.25) is 9.69 Å². The predicted octanol–water partition coefficient (Wildman–Crippen LogP) is 3.72. The molecule has 2 aromatic carbocycles. The Balaban J connectivity index is 1.22. The van der Waals surface area contributed by atoms with Gasteiger partial charge in [-0.05, 0) is 30.9 Å². The lowest BCUT2D eigenvalue weighted by Gasteiger charge is -2.34. The molecule has 1 aliphatic rings. The fraction of sp³-hybridized carbons (Fsp3) is 0.423. The lowest BCUT2D eigenvalue weighted by atomic mass is 10.0. The van der Waals surface area contributed by atoms with Crippen LogP contribution < -0.4 is 10.6 Å². The minimum atomic E-state index is -0.456. The third-order valence-corrected chi connectivity index (χ3v) is 7.14.